The summed E-state index contributed by atoms with van der Waals surface area (Å²) in [6, 6.07) is 5.36. The zero-order valence-corrected chi connectivity index (χ0v) is 9.91. The number of benzene rings is 1. The van der Waals surface area contributed by atoms with Gasteiger partial charge in [-0.25, -0.2) is 0 Å². The van der Waals surface area contributed by atoms with Gasteiger partial charge >= 0.3 is 0 Å². The van der Waals surface area contributed by atoms with E-state index in [0.717, 1.165) is 11.3 Å². The van der Waals surface area contributed by atoms with Crippen molar-refractivity contribution < 1.29 is 9.53 Å². The van der Waals surface area contributed by atoms with E-state index in [1.807, 2.05) is 26.8 Å². The minimum atomic E-state index is -0.151. The minimum absolute atomic E-state index is 0.0539. The van der Waals surface area contributed by atoms with Gasteiger partial charge in [-0.05, 0) is 44.5 Å². The van der Waals surface area contributed by atoms with Crippen LogP contribution in [0.4, 0.5) is 11.4 Å². The van der Waals surface area contributed by atoms with Crippen LogP contribution in [0.1, 0.15) is 19.4 Å². The molecule has 0 radical (unpaired) electrons. The first-order valence-corrected chi connectivity index (χ1v) is 5.26. The van der Waals surface area contributed by atoms with E-state index in [0.29, 0.717) is 5.69 Å². The Hall–Kier alpha value is -1.55. The Balaban J connectivity index is 2.56. The van der Waals surface area contributed by atoms with Gasteiger partial charge in [-0.1, -0.05) is 0 Å². The number of aryl methyl sites for hydroxylation is 1. The molecule has 4 nitrogen and oxygen atoms in total. The third kappa shape index (κ3) is 3.90. The standard InChI is InChI=1S/C12H18N2O2/c1-8(2)16-7-12(15)14-11-5-4-10(13)6-9(11)3/h4-6,8H,7,13H2,1-3H3,(H,14,15). The maximum absolute atomic E-state index is 11.5. The molecule has 0 fully saturated rings. The second kappa shape index (κ2) is 5.51. The largest absolute Gasteiger partial charge is 0.399 e. The average Bonchev–Trinajstić information content (AvgIpc) is 2.19. The van der Waals surface area contributed by atoms with E-state index in [1.165, 1.54) is 0 Å². The number of hydrogen-bond acceptors (Lipinski definition) is 3. The van der Waals surface area contributed by atoms with Gasteiger partial charge < -0.3 is 15.8 Å². The Kier molecular flexibility index (Phi) is 4.31. The zero-order valence-electron chi connectivity index (χ0n) is 9.91. The lowest BCUT2D eigenvalue weighted by Crippen LogP contribution is -2.21. The average molecular weight is 222 g/mol. The molecule has 0 bridgehead atoms. The van der Waals surface area contributed by atoms with Crippen molar-refractivity contribution in [1.82, 2.24) is 0 Å². The van der Waals surface area contributed by atoms with Crippen molar-refractivity contribution in [2.75, 3.05) is 17.7 Å². The second-order valence-electron chi connectivity index (χ2n) is 3.98. The van der Waals surface area contributed by atoms with E-state index >= 15 is 0 Å². The molecule has 88 valence electrons. The van der Waals surface area contributed by atoms with Gasteiger partial charge in [0.15, 0.2) is 0 Å². The fourth-order valence-electron chi connectivity index (χ4n) is 1.26. The van der Waals surface area contributed by atoms with Gasteiger partial charge in [0.05, 0.1) is 6.10 Å². The quantitative estimate of drug-likeness (QED) is 0.765. The summed E-state index contributed by atoms with van der Waals surface area (Å²) in [6.45, 7) is 5.75. The van der Waals surface area contributed by atoms with Crippen LogP contribution >= 0.6 is 0 Å². The lowest BCUT2D eigenvalue weighted by molar-refractivity contribution is -0.121. The molecule has 1 aromatic rings. The first-order chi connectivity index (χ1) is 7.49. The van der Waals surface area contributed by atoms with Crippen LogP contribution in [0.25, 0.3) is 0 Å². The van der Waals surface area contributed by atoms with E-state index < -0.39 is 0 Å². The lowest BCUT2D eigenvalue weighted by atomic mass is 10.2. The number of nitrogens with two attached hydrogens (primary N) is 1. The highest BCUT2D eigenvalue weighted by Gasteiger charge is 2.05. The van der Waals surface area contributed by atoms with Crippen molar-refractivity contribution in [1.29, 1.82) is 0 Å². The molecule has 0 saturated carbocycles. The van der Waals surface area contributed by atoms with Crippen LogP contribution in [-0.2, 0) is 9.53 Å². The van der Waals surface area contributed by atoms with Crippen molar-refractivity contribution in [3.8, 4) is 0 Å². The molecule has 0 aliphatic rings. The topological polar surface area (TPSA) is 64.3 Å². The summed E-state index contributed by atoms with van der Waals surface area (Å²) < 4.78 is 5.20. The van der Waals surface area contributed by atoms with Crippen molar-refractivity contribution in [3.63, 3.8) is 0 Å². The van der Waals surface area contributed by atoms with Crippen molar-refractivity contribution in [2.24, 2.45) is 0 Å². The van der Waals surface area contributed by atoms with Crippen LogP contribution in [-0.4, -0.2) is 18.6 Å². The number of nitrogens with one attached hydrogen (secondary N) is 1. The summed E-state index contributed by atoms with van der Waals surface area (Å²) in [5.41, 5.74) is 8.02. The molecular formula is C12H18N2O2. The Morgan fingerprint density at radius 2 is 2.19 bits per heavy atom. The van der Waals surface area contributed by atoms with Gasteiger partial charge in [0.2, 0.25) is 5.91 Å². The monoisotopic (exact) mass is 222 g/mol. The number of anilines is 2. The molecule has 1 amide bonds. The van der Waals surface area contributed by atoms with Gasteiger partial charge in [0.1, 0.15) is 6.61 Å². The minimum Gasteiger partial charge on any atom is -0.399 e. The summed E-state index contributed by atoms with van der Waals surface area (Å²) in [7, 11) is 0. The number of ether oxygens (including phenoxy) is 1. The molecule has 16 heavy (non-hydrogen) atoms. The number of hydrogen-bond donors (Lipinski definition) is 2. The Morgan fingerprint density at radius 1 is 1.50 bits per heavy atom. The number of amides is 1. The van der Waals surface area contributed by atoms with Crippen molar-refractivity contribution >= 4 is 17.3 Å². The lowest BCUT2D eigenvalue weighted by Gasteiger charge is -2.10. The van der Waals surface area contributed by atoms with E-state index in [9.17, 15) is 4.79 Å². The van der Waals surface area contributed by atoms with Crippen LogP contribution in [0.15, 0.2) is 18.2 Å². The van der Waals surface area contributed by atoms with Gasteiger partial charge in [0, 0.05) is 11.4 Å². The summed E-state index contributed by atoms with van der Waals surface area (Å²) >= 11 is 0. The zero-order chi connectivity index (χ0) is 12.1. The van der Waals surface area contributed by atoms with E-state index in [2.05, 4.69) is 5.32 Å². The fraction of sp³-hybridized carbons (Fsp3) is 0.417. The van der Waals surface area contributed by atoms with Crippen LogP contribution in [0, 0.1) is 6.92 Å². The number of carbonyl (C=O) groups excluding carboxylic acids is 1. The molecule has 0 heterocycles. The summed E-state index contributed by atoms with van der Waals surface area (Å²) in [4.78, 5) is 11.5. The first kappa shape index (κ1) is 12.5. The molecule has 4 heteroatoms. The Labute approximate surface area is 95.8 Å². The van der Waals surface area contributed by atoms with E-state index in [-0.39, 0.29) is 18.6 Å². The van der Waals surface area contributed by atoms with Crippen LogP contribution in [0.2, 0.25) is 0 Å². The second-order valence-corrected chi connectivity index (χ2v) is 3.98. The van der Waals surface area contributed by atoms with Gasteiger partial charge in [0.25, 0.3) is 0 Å². The van der Waals surface area contributed by atoms with Crippen LogP contribution < -0.4 is 11.1 Å². The van der Waals surface area contributed by atoms with Gasteiger partial charge in [-0.3, -0.25) is 4.79 Å². The van der Waals surface area contributed by atoms with Crippen molar-refractivity contribution in [3.05, 3.63) is 23.8 Å². The third-order valence-electron chi connectivity index (χ3n) is 2.07. The molecule has 0 spiro atoms. The highest BCUT2D eigenvalue weighted by Crippen LogP contribution is 2.17. The SMILES string of the molecule is Cc1cc(N)ccc1NC(=O)COC(C)C. The summed E-state index contributed by atoms with van der Waals surface area (Å²) in [6.07, 6.45) is 0.0539. The van der Waals surface area contributed by atoms with Crippen LogP contribution in [0.5, 0.6) is 0 Å². The molecule has 0 aliphatic heterocycles. The molecule has 0 atom stereocenters. The first-order valence-electron chi connectivity index (χ1n) is 5.26. The predicted molar refractivity (Wildman–Crippen MR) is 65.3 cm³/mol. The smallest absolute Gasteiger partial charge is 0.250 e. The molecule has 3 N–H and O–H groups in total. The fourth-order valence-corrected chi connectivity index (χ4v) is 1.26. The molecule has 0 unspecified atom stereocenters. The van der Waals surface area contributed by atoms with E-state index in [4.69, 9.17) is 10.5 Å². The molecule has 1 rings (SSSR count). The molecular weight excluding hydrogens is 204 g/mol. The normalized spacial score (nSPS) is 10.5. The number of carbonyl (C=O) groups is 1. The molecule has 0 aliphatic carbocycles. The van der Waals surface area contributed by atoms with Crippen LogP contribution in [0.3, 0.4) is 0 Å². The summed E-state index contributed by atoms with van der Waals surface area (Å²) in [5.74, 6) is -0.151. The summed E-state index contributed by atoms with van der Waals surface area (Å²) in [5, 5.41) is 2.77. The Morgan fingerprint density at radius 3 is 2.75 bits per heavy atom. The molecule has 0 saturated heterocycles. The van der Waals surface area contributed by atoms with Crippen molar-refractivity contribution in [2.45, 2.75) is 26.9 Å². The Bertz CT molecular complexity index is 375. The highest BCUT2D eigenvalue weighted by atomic mass is 16.5. The highest BCUT2D eigenvalue weighted by molar-refractivity contribution is 5.92. The van der Waals surface area contributed by atoms with Gasteiger partial charge in [-0.15, -0.1) is 0 Å². The third-order valence-corrected chi connectivity index (χ3v) is 2.07. The predicted octanol–water partition coefficient (Wildman–Crippen LogP) is 1.94. The van der Waals surface area contributed by atoms with Gasteiger partial charge in [-0.2, -0.15) is 0 Å². The van der Waals surface area contributed by atoms with E-state index in [1.54, 1.807) is 12.1 Å². The number of rotatable bonds is 4. The molecule has 1 aromatic carbocycles. The maximum atomic E-state index is 11.5. The molecule has 0 aromatic heterocycles. The number of nitrogen functional groups attached to an aromatic ring is 1. The maximum Gasteiger partial charge on any atom is 0.250 e.